The van der Waals surface area contributed by atoms with Crippen molar-refractivity contribution in [1.82, 2.24) is 9.97 Å². The lowest BCUT2D eigenvalue weighted by atomic mass is 9.70. The topological polar surface area (TPSA) is 96.8 Å². The third-order valence-electron chi connectivity index (χ3n) is 8.48. The molecule has 218 valence electrons. The molecule has 3 aromatic rings. The lowest BCUT2D eigenvalue weighted by Gasteiger charge is -2.38. The fraction of sp³-hybridized carbons (Fsp3) is 0.452. The van der Waals surface area contributed by atoms with Gasteiger partial charge in [-0.15, -0.1) is 0 Å². The molecule has 3 heterocycles. The summed E-state index contributed by atoms with van der Waals surface area (Å²) in [6, 6.07) is 7.18. The third kappa shape index (κ3) is 6.04. The summed E-state index contributed by atoms with van der Waals surface area (Å²) in [6.07, 6.45) is 5.23. The van der Waals surface area contributed by atoms with E-state index in [0.717, 1.165) is 24.5 Å². The number of carbonyl (C=O) groups is 1. The Bertz CT molecular complexity index is 1400. The number of benzene rings is 1. The van der Waals surface area contributed by atoms with Crippen molar-refractivity contribution in [3.05, 3.63) is 65.6 Å². The highest BCUT2D eigenvalue weighted by Gasteiger charge is 2.35. The molecule has 0 bridgehead atoms. The Balaban J connectivity index is 1.43. The summed E-state index contributed by atoms with van der Waals surface area (Å²) < 4.78 is 41.4. The summed E-state index contributed by atoms with van der Waals surface area (Å²) in [5.74, 6) is -1.35. The maximum absolute atomic E-state index is 15.5. The molecule has 1 aliphatic heterocycles. The minimum atomic E-state index is -0.782. The second-order valence-electron chi connectivity index (χ2n) is 10.8. The van der Waals surface area contributed by atoms with E-state index in [1.54, 1.807) is 18.5 Å². The van der Waals surface area contributed by atoms with Crippen LogP contribution in [0.15, 0.2) is 42.7 Å². The van der Waals surface area contributed by atoms with Crippen molar-refractivity contribution in [2.75, 3.05) is 43.6 Å². The number of halogens is 2. The molecule has 1 aromatic carbocycles. The maximum atomic E-state index is 15.5. The van der Waals surface area contributed by atoms with Crippen molar-refractivity contribution >= 4 is 17.3 Å². The molecule has 1 saturated heterocycles. The molecule has 1 aliphatic carbocycles. The number of nitrogens with zero attached hydrogens (tertiary/aromatic N) is 3. The first kappa shape index (κ1) is 28.9. The predicted molar refractivity (Wildman–Crippen MR) is 152 cm³/mol. The monoisotopic (exact) mass is 566 g/mol. The van der Waals surface area contributed by atoms with Crippen LogP contribution in [0.4, 0.5) is 20.2 Å². The van der Waals surface area contributed by atoms with E-state index in [4.69, 9.17) is 9.47 Å². The number of nitrogens with one attached hydrogen (secondary N) is 1. The van der Waals surface area contributed by atoms with Crippen LogP contribution < -0.4 is 15.0 Å². The maximum Gasteiger partial charge on any atom is 0.274 e. The predicted octanol–water partition coefficient (Wildman–Crippen LogP) is 5.42. The molecule has 0 radical (unpaired) electrons. The highest BCUT2D eigenvalue weighted by atomic mass is 19.1. The molecular formula is C31H36F2N4O4. The van der Waals surface area contributed by atoms with E-state index in [9.17, 15) is 9.90 Å². The Labute approximate surface area is 238 Å². The summed E-state index contributed by atoms with van der Waals surface area (Å²) in [7, 11) is 1.38. The first-order chi connectivity index (χ1) is 19.8. The van der Waals surface area contributed by atoms with E-state index in [2.05, 4.69) is 29.1 Å². The number of morpholine rings is 1. The largest absolute Gasteiger partial charge is 0.496 e. The lowest BCUT2D eigenvalue weighted by molar-refractivity contribution is 0.0311. The molecule has 5 rings (SSSR count). The Morgan fingerprint density at radius 1 is 1.17 bits per heavy atom. The summed E-state index contributed by atoms with van der Waals surface area (Å²) >= 11 is 0. The minimum absolute atomic E-state index is 0.0459. The standard InChI is InChI=1S/C31H36F2N4O4/c1-4-19-13-20(14-27(38)18(19)2)22-7-8-34-17-26(22)36-31(39)25-6-5-23(32)30(35-25)29-24(33)15-21(16-28(29)40-3)37-9-11-41-12-10-37/h5-8,15-20,27,38H,4,9-14H2,1-3H3,(H,36,39)/t18-,19-,20+,27+/m0/s1. The number of pyridine rings is 2. The molecule has 1 amide bonds. The average Bonchev–Trinajstić information content (AvgIpc) is 2.99. The number of ether oxygens (including phenoxy) is 2. The molecule has 8 nitrogen and oxygen atoms in total. The van der Waals surface area contributed by atoms with E-state index in [1.165, 1.54) is 19.2 Å². The van der Waals surface area contributed by atoms with Gasteiger partial charge in [0.05, 0.1) is 43.9 Å². The molecule has 2 N–H and O–H groups in total. The first-order valence-electron chi connectivity index (χ1n) is 14.1. The Kier molecular flexibility index (Phi) is 8.79. The fourth-order valence-electron chi connectivity index (χ4n) is 6.05. The average molecular weight is 567 g/mol. The summed E-state index contributed by atoms with van der Waals surface area (Å²) in [4.78, 5) is 23.8. The Hall–Kier alpha value is -3.63. The van der Waals surface area contributed by atoms with E-state index in [1.807, 2.05) is 11.0 Å². The van der Waals surface area contributed by atoms with Crippen molar-refractivity contribution in [3.63, 3.8) is 0 Å². The lowest BCUT2D eigenvalue weighted by Crippen LogP contribution is -2.36. The van der Waals surface area contributed by atoms with Crippen molar-refractivity contribution in [2.45, 2.75) is 45.1 Å². The SMILES string of the molecule is CC[C@H]1C[C@@H](c2ccncc2NC(=O)c2ccc(F)c(-c3c(F)cc(N4CCOCC4)cc3OC)n2)C[C@@H](O)[C@H]1C. The second kappa shape index (κ2) is 12.5. The van der Waals surface area contributed by atoms with Crippen LogP contribution in [0, 0.1) is 23.5 Å². The Morgan fingerprint density at radius 3 is 2.68 bits per heavy atom. The molecule has 0 spiro atoms. The zero-order chi connectivity index (χ0) is 29.1. The normalized spacial score (nSPS) is 22.8. The second-order valence-corrected chi connectivity index (χ2v) is 10.8. The fourth-order valence-corrected chi connectivity index (χ4v) is 6.05. The molecular weight excluding hydrogens is 530 g/mol. The van der Waals surface area contributed by atoms with E-state index >= 15 is 8.78 Å². The number of methoxy groups -OCH3 is 1. The summed E-state index contributed by atoms with van der Waals surface area (Å²) in [5.41, 5.74) is 1.42. The molecule has 0 unspecified atom stereocenters. The van der Waals surface area contributed by atoms with Crippen LogP contribution in [0.1, 0.15) is 55.1 Å². The van der Waals surface area contributed by atoms with Gasteiger partial charge in [0, 0.05) is 31.0 Å². The zero-order valence-corrected chi connectivity index (χ0v) is 23.6. The molecule has 10 heteroatoms. The van der Waals surface area contributed by atoms with Crippen LogP contribution in [-0.4, -0.2) is 60.5 Å². The van der Waals surface area contributed by atoms with Gasteiger partial charge in [-0.3, -0.25) is 9.78 Å². The van der Waals surface area contributed by atoms with Crippen molar-refractivity contribution in [1.29, 1.82) is 0 Å². The summed E-state index contributed by atoms with van der Waals surface area (Å²) in [6.45, 7) is 6.44. The molecule has 2 aromatic heterocycles. The smallest absolute Gasteiger partial charge is 0.274 e. The number of rotatable bonds is 7. The molecule has 2 fully saturated rings. The van der Waals surface area contributed by atoms with Gasteiger partial charge in [-0.1, -0.05) is 20.3 Å². The molecule has 4 atom stereocenters. The van der Waals surface area contributed by atoms with Gasteiger partial charge in [0.25, 0.3) is 5.91 Å². The van der Waals surface area contributed by atoms with Gasteiger partial charge in [0.2, 0.25) is 0 Å². The van der Waals surface area contributed by atoms with Crippen molar-refractivity contribution in [3.8, 4) is 17.0 Å². The molecule has 41 heavy (non-hydrogen) atoms. The number of carbonyl (C=O) groups excluding carboxylic acids is 1. The van der Waals surface area contributed by atoms with Gasteiger partial charge >= 0.3 is 0 Å². The quantitative estimate of drug-likeness (QED) is 0.394. The van der Waals surface area contributed by atoms with Gasteiger partial charge in [0.15, 0.2) is 0 Å². The van der Waals surface area contributed by atoms with Crippen molar-refractivity contribution < 1.29 is 28.2 Å². The molecule has 1 saturated carbocycles. The number of hydrogen-bond donors (Lipinski definition) is 2. The summed E-state index contributed by atoms with van der Waals surface area (Å²) in [5, 5.41) is 13.6. The van der Waals surface area contributed by atoms with Crippen LogP contribution in [0.2, 0.25) is 0 Å². The third-order valence-corrected chi connectivity index (χ3v) is 8.48. The first-order valence-corrected chi connectivity index (χ1v) is 14.1. The number of amides is 1. The van der Waals surface area contributed by atoms with E-state index in [-0.39, 0.29) is 34.5 Å². The number of anilines is 2. The van der Waals surface area contributed by atoms with Crippen LogP contribution in [0.5, 0.6) is 5.75 Å². The number of aromatic nitrogens is 2. The van der Waals surface area contributed by atoms with Crippen LogP contribution in [0.25, 0.3) is 11.3 Å². The number of aliphatic hydroxyl groups excluding tert-OH is 1. The van der Waals surface area contributed by atoms with E-state index in [0.29, 0.717) is 50.0 Å². The number of hydrogen-bond acceptors (Lipinski definition) is 7. The van der Waals surface area contributed by atoms with E-state index < -0.39 is 23.6 Å². The highest BCUT2D eigenvalue weighted by molar-refractivity contribution is 6.03. The molecule has 2 aliphatic rings. The van der Waals surface area contributed by atoms with Crippen molar-refractivity contribution in [2.24, 2.45) is 11.8 Å². The van der Waals surface area contributed by atoms with Gasteiger partial charge in [-0.05, 0) is 60.4 Å². The zero-order valence-electron chi connectivity index (χ0n) is 23.6. The van der Waals surface area contributed by atoms with Gasteiger partial charge in [-0.25, -0.2) is 13.8 Å². The Morgan fingerprint density at radius 2 is 1.95 bits per heavy atom. The number of aliphatic hydroxyl groups is 1. The highest BCUT2D eigenvalue weighted by Crippen LogP contribution is 2.43. The minimum Gasteiger partial charge on any atom is -0.496 e. The van der Waals surface area contributed by atoms with Gasteiger partial charge in [-0.2, -0.15) is 0 Å². The van der Waals surface area contributed by atoms with Crippen LogP contribution in [-0.2, 0) is 4.74 Å². The van der Waals surface area contributed by atoms with Crippen LogP contribution >= 0.6 is 0 Å². The van der Waals surface area contributed by atoms with Gasteiger partial charge in [0.1, 0.15) is 28.8 Å². The van der Waals surface area contributed by atoms with Crippen LogP contribution in [0.3, 0.4) is 0 Å². The van der Waals surface area contributed by atoms with Gasteiger partial charge < -0.3 is 24.8 Å².